The molecule has 2 fully saturated rings. The van der Waals surface area contributed by atoms with Crippen molar-refractivity contribution >= 4 is 0 Å². The fourth-order valence-electron chi connectivity index (χ4n) is 3.72. The summed E-state index contributed by atoms with van der Waals surface area (Å²) in [6, 6.07) is 0. The summed E-state index contributed by atoms with van der Waals surface area (Å²) < 4.78 is 0. The quantitative estimate of drug-likeness (QED) is 0.851. The summed E-state index contributed by atoms with van der Waals surface area (Å²) in [5.41, 5.74) is 0.508. The molecule has 19 heavy (non-hydrogen) atoms. The Morgan fingerprint density at radius 3 is 2.00 bits per heavy atom. The van der Waals surface area contributed by atoms with Gasteiger partial charge in [-0.3, -0.25) is 4.90 Å². The Balaban J connectivity index is 1.84. The molecule has 0 aromatic heterocycles. The van der Waals surface area contributed by atoms with E-state index in [1.165, 1.54) is 58.3 Å². The van der Waals surface area contributed by atoms with Crippen LogP contribution < -0.4 is 0 Å². The maximum atomic E-state index is 9.82. The standard InChI is InChI=1S/C16H32N2O/c1-15(2,3)18-11-9-17(10-12-18)13-16(14-19)7-5-4-6-8-16/h19H,4-14H2,1-3H3. The van der Waals surface area contributed by atoms with Crippen LogP contribution in [0.5, 0.6) is 0 Å². The lowest BCUT2D eigenvalue weighted by molar-refractivity contribution is 0.00483. The molecule has 0 aromatic rings. The first-order valence-electron chi connectivity index (χ1n) is 8.04. The second kappa shape index (κ2) is 6.11. The normalized spacial score (nSPS) is 26.5. The Bertz CT molecular complexity index is 271. The van der Waals surface area contributed by atoms with Gasteiger partial charge in [-0.2, -0.15) is 0 Å². The van der Waals surface area contributed by atoms with Crippen molar-refractivity contribution in [2.75, 3.05) is 39.3 Å². The number of piperazine rings is 1. The first-order valence-corrected chi connectivity index (χ1v) is 8.04. The van der Waals surface area contributed by atoms with Gasteiger partial charge in [0.1, 0.15) is 0 Å². The fraction of sp³-hybridized carbons (Fsp3) is 1.00. The van der Waals surface area contributed by atoms with Crippen molar-refractivity contribution in [1.29, 1.82) is 0 Å². The zero-order valence-electron chi connectivity index (χ0n) is 13.1. The number of hydrogen-bond donors (Lipinski definition) is 1. The predicted octanol–water partition coefficient (Wildman–Crippen LogP) is 2.35. The average Bonchev–Trinajstić information content (AvgIpc) is 2.39. The SMILES string of the molecule is CC(C)(C)N1CCN(CC2(CO)CCCCC2)CC1. The van der Waals surface area contributed by atoms with E-state index < -0.39 is 0 Å². The number of nitrogens with zero attached hydrogens (tertiary/aromatic N) is 2. The van der Waals surface area contributed by atoms with Crippen molar-refractivity contribution in [2.24, 2.45) is 5.41 Å². The van der Waals surface area contributed by atoms with E-state index in [0.29, 0.717) is 12.1 Å². The number of aliphatic hydroxyl groups is 1. The molecule has 0 atom stereocenters. The van der Waals surface area contributed by atoms with Crippen LogP contribution >= 0.6 is 0 Å². The van der Waals surface area contributed by atoms with Crippen molar-refractivity contribution < 1.29 is 5.11 Å². The van der Waals surface area contributed by atoms with Crippen molar-refractivity contribution in [3.05, 3.63) is 0 Å². The molecule has 1 N–H and O–H groups in total. The van der Waals surface area contributed by atoms with Gasteiger partial charge in [0.05, 0.1) is 0 Å². The van der Waals surface area contributed by atoms with Gasteiger partial charge in [0, 0.05) is 50.3 Å². The lowest BCUT2D eigenvalue weighted by atomic mass is 9.74. The largest absolute Gasteiger partial charge is 0.396 e. The summed E-state index contributed by atoms with van der Waals surface area (Å²) >= 11 is 0. The van der Waals surface area contributed by atoms with Crippen LogP contribution in [0.4, 0.5) is 0 Å². The number of aliphatic hydroxyl groups excluding tert-OH is 1. The zero-order valence-corrected chi connectivity index (χ0v) is 13.1. The van der Waals surface area contributed by atoms with Crippen LogP contribution in [0.3, 0.4) is 0 Å². The molecule has 2 rings (SSSR count). The molecule has 1 aliphatic heterocycles. The summed E-state index contributed by atoms with van der Waals surface area (Å²) in [7, 11) is 0. The molecule has 1 aliphatic carbocycles. The van der Waals surface area contributed by atoms with E-state index in [4.69, 9.17) is 0 Å². The van der Waals surface area contributed by atoms with Gasteiger partial charge in [-0.1, -0.05) is 19.3 Å². The molecule has 2 aliphatic rings. The third-order valence-electron chi connectivity index (χ3n) is 5.13. The highest BCUT2D eigenvalue weighted by Crippen LogP contribution is 2.36. The van der Waals surface area contributed by atoms with E-state index in [9.17, 15) is 5.11 Å². The minimum atomic E-state index is 0.210. The van der Waals surface area contributed by atoms with Crippen molar-refractivity contribution in [2.45, 2.75) is 58.4 Å². The van der Waals surface area contributed by atoms with Gasteiger partial charge in [0.25, 0.3) is 0 Å². The Morgan fingerprint density at radius 1 is 0.947 bits per heavy atom. The number of rotatable bonds is 3. The molecule has 3 heteroatoms. The molecule has 1 saturated heterocycles. The lowest BCUT2D eigenvalue weighted by Crippen LogP contribution is -2.55. The molecular formula is C16H32N2O. The van der Waals surface area contributed by atoms with Gasteiger partial charge in [-0.25, -0.2) is 0 Å². The Hall–Kier alpha value is -0.120. The van der Waals surface area contributed by atoms with Crippen LogP contribution in [0, 0.1) is 5.41 Å². The second-order valence-corrected chi connectivity index (χ2v) is 7.65. The lowest BCUT2D eigenvalue weighted by Gasteiger charge is -2.46. The van der Waals surface area contributed by atoms with Crippen LogP contribution in [0.2, 0.25) is 0 Å². The number of hydrogen-bond acceptors (Lipinski definition) is 3. The third-order valence-corrected chi connectivity index (χ3v) is 5.13. The first-order chi connectivity index (χ1) is 8.95. The Labute approximate surface area is 119 Å². The van der Waals surface area contributed by atoms with Crippen molar-refractivity contribution in [3.63, 3.8) is 0 Å². The van der Waals surface area contributed by atoms with Crippen LogP contribution in [-0.2, 0) is 0 Å². The van der Waals surface area contributed by atoms with Crippen LogP contribution in [0.15, 0.2) is 0 Å². The predicted molar refractivity (Wildman–Crippen MR) is 80.4 cm³/mol. The molecule has 0 amide bonds. The van der Waals surface area contributed by atoms with Gasteiger partial charge >= 0.3 is 0 Å². The molecular weight excluding hydrogens is 236 g/mol. The van der Waals surface area contributed by atoms with Gasteiger partial charge in [0.15, 0.2) is 0 Å². The Kier molecular flexibility index (Phi) is 4.91. The van der Waals surface area contributed by atoms with Crippen LogP contribution in [-0.4, -0.2) is 59.8 Å². The average molecular weight is 268 g/mol. The molecule has 0 radical (unpaired) electrons. The fourth-order valence-corrected chi connectivity index (χ4v) is 3.72. The van der Waals surface area contributed by atoms with Crippen molar-refractivity contribution in [3.8, 4) is 0 Å². The molecule has 0 bridgehead atoms. The summed E-state index contributed by atoms with van der Waals surface area (Å²) in [5.74, 6) is 0. The Morgan fingerprint density at radius 2 is 1.53 bits per heavy atom. The molecule has 3 nitrogen and oxygen atoms in total. The smallest absolute Gasteiger partial charge is 0.0499 e. The van der Waals surface area contributed by atoms with Gasteiger partial charge in [-0.05, 0) is 33.6 Å². The minimum absolute atomic E-state index is 0.210. The maximum Gasteiger partial charge on any atom is 0.0499 e. The zero-order chi connectivity index (χ0) is 13.9. The van der Waals surface area contributed by atoms with Gasteiger partial charge in [-0.15, -0.1) is 0 Å². The highest BCUT2D eigenvalue weighted by atomic mass is 16.3. The van der Waals surface area contributed by atoms with E-state index >= 15 is 0 Å². The summed E-state index contributed by atoms with van der Waals surface area (Å²) in [4.78, 5) is 5.17. The highest BCUT2D eigenvalue weighted by molar-refractivity contribution is 4.88. The van der Waals surface area contributed by atoms with E-state index in [-0.39, 0.29) is 5.41 Å². The van der Waals surface area contributed by atoms with Crippen LogP contribution in [0.25, 0.3) is 0 Å². The molecule has 112 valence electrons. The van der Waals surface area contributed by atoms with Crippen LogP contribution in [0.1, 0.15) is 52.9 Å². The molecule has 0 unspecified atom stereocenters. The molecule has 0 aromatic carbocycles. The molecule has 0 spiro atoms. The maximum absolute atomic E-state index is 9.82. The first kappa shape index (κ1) is 15.3. The minimum Gasteiger partial charge on any atom is -0.396 e. The van der Waals surface area contributed by atoms with E-state index in [1.54, 1.807) is 0 Å². The second-order valence-electron chi connectivity index (χ2n) is 7.65. The monoisotopic (exact) mass is 268 g/mol. The van der Waals surface area contributed by atoms with E-state index in [1.807, 2.05) is 0 Å². The highest BCUT2D eigenvalue weighted by Gasteiger charge is 2.35. The summed E-state index contributed by atoms with van der Waals surface area (Å²) in [6.45, 7) is 13.1. The van der Waals surface area contributed by atoms with Crippen molar-refractivity contribution in [1.82, 2.24) is 9.80 Å². The van der Waals surface area contributed by atoms with E-state index in [0.717, 1.165) is 6.54 Å². The topological polar surface area (TPSA) is 26.7 Å². The molecule has 1 saturated carbocycles. The van der Waals surface area contributed by atoms with Gasteiger partial charge < -0.3 is 10.0 Å². The summed E-state index contributed by atoms with van der Waals surface area (Å²) in [5, 5.41) is 9.82. The third kappa shape index (κ3) is 3.93. The summed E-state index contributed by atoms with van der Waals surface area (Å²) in [6.07, 6.45) is 6.43. The van der Waals surface area contributed by atoms with E-state index in [2.05, 4.69) is 30.6 Å². The molecule has 1 heterocycles. The van der Waals surface area contributed by atoms with Gasteiger partial charge in [0.2, 0.25) is 0 Å².